The van der Waals surface area contributed by atoms with E-state index >= 15 is 0 Å². The Balaban J connectivity index is 0.000000193. The second-order valence-electron chi connectivity index (χ2n) is 17.5. The van der Waals surface area contributed by atoms with Crippen LogP contribution < -0.4 is 4.40 Å². The third kappa shape index (κ3) is 8.57. The van der Waals surface area contributed by atoms with Crippen LogP contribution in [-0.2, 0) is 26.5 Å². The van der Waals surface area contributed by atoms with Crippen molar-refractivity contribution in [3.05, 3.63) is 175 Å². The molecule has 0 unspecified atom stereocenters. The van der Waals surface area contributed by atoms with E-state index in [0.717, 1.165) is 71.1 Å². The average molecular weight is 1050 g/mol. The number of aryl methyl sites for hydroxylation is 2. The van der Waals surface area contributed by atoms with Gasteiger partial charge in [-0.25, -0.2) is 4.98 Å². The zero-order valence-electron chi connectivity index (χ0n) is 40.9. The first-order valence-electron chi connectivity index (χ1n) is 23.1. The number of pyridine rings is 2. The summed E-state index contributed by atoms with van der Waals surface area (Å²) in [6.07, 6.45) is 0.303. The van der Waals surface area contributed by atoms with Gasteiger partial charge in [-0.2, -0.15) is 0 Å². The molecule has 0 saturated carbocycles. The molecule has 0 saturated heterocycles. The molecule has 0 aliphatic heterocycles. The summed E-state index contributed by atoms with van der Waals surface area (Å²) in [4.78, 5) is 14.4. The van der Waals surface area contributed by atoms with Crippen molar-refractivity contribution >= 4 is 61.5 Å². The van der Waals surface area contributed by atoms with Crippen molar-refractivity contribution in [3.63, 3.8) is 0 Å². The predicted octanol–water partition coefficient (Wildman–Crippen LogP) is 13.9. The molecule has 0 fully saturated rings. The van der Waals surface area contributed by atoms with Gasteiger partial charge in [0.05, 0.1) is 28.1 Å². The zero-order valence-corrected chi connectivity index (χ0v) is 40.4. The number of imidazole rings is 1. The van der Waals surface area contributed by atoms with Crippen LogP contribution in [-0.4, -0.2) is 32.8 Å². The summed E-state index contributed by atoms with van der Waals surface area (Å²) in [6, 6.07) is 52.9. The molecule has 10 rings (SSSR count). The van der Waals surface area contributed by atoms with E-state index in [4.69, 9.17) is 16.3 Å². The Labute approximate surface area is 388 Å². The molecule has 0 amide bonds. The molecule has 4 heterocycles. The molecule has 0 aliphatic carbocycles. The first-order chi connectivity index (χ1) is 31.3. The van der Waals surface area contributed by atoms with Crippen LogP contribution in [0, 0.1) is 31.3 Å². The molecule has 10 aromatic rings. The van der Waals surface area contributed by atoms with Gasteiger partial charge in [0.1, 0.15) is 0 Å². The molecule has 5 nitrogen and oxygen atoms in total. The summed E-state index contributed by atoms with van der Waals surface area (Å²) in [5.41, 5.74) is 10.0. The maximum absolute atomic E-state index is 8.80. The number of benzene rings is 6. The largest absolute Gasteiger partial charge is 0 e. The van der Waals surface area contributed by atoms with E-state index in [-0.39, 0.29) is 25.7 Å². The smallest absolute Gasteiger partial charge is 0 e. The fourth-order valence-electron chi connectivity index (χ4n) is 7.94. The van der Waals surface area contributed by atoms with Gasteiger partial charge < -0.3 is 8.98 Å². The van der Waals surface area contributed by atoms with Gasteiger partial charge in [-0.1, -0.05) is 89.8 Å². The summed E-state index contributed by atoms with van der Waals surface area (Å²) < 4.78 is 49.8. The number of hydrogen-bond acceptors (Lipinski definition) is 4. The molecule has 0 spiro atoms. The van der Waals surface area contributed by atoms with Gasteiger partial charge in [-0.15, -0.1) is 18.2 Å². The quantitative estimate of drug-likeness (QED) is 0.123. The van der Waals surface area contributed by atoms with Gasteiger partial charge in [-0.05, 0) is 42.1 Å². The standard InChI is InChI=1S/C35H22N3O.C20H28GeN.Ir/c1-22-18-20-28-27-14-9-15-29(33(27)39-35(28)36-22)34-37-30-16-7-8-17-31(30)38(34)32-25-13-6-5-12-24(25)19-21-26(32)23-10-3-2-4-11-23;1-15-8-10-16(11-9-15)19-12-17(13-20(2,3)4)18(14-22-19)21(5,6)7;/h2-14,16-21H,1H3;8-10,12,14H,13H2,1-7H3;/q2*-1;/i;1D3,13D2;. The maximum Gasteiger partial charge on any atom is 0 e. The summed E-state index contributed by atoms with van der Waals surface area (Å²) in [7, 11) is 0. The average Bonchev–Trinajstić information content (AvgIpc) is 3.86. The Morgan fingerprint density at radius 3 is 2.32 bits per heavy atom. The van der Waals surface area contributed by atoms with Crippen LogP contribution in [0.15, 0.2) is 150 Å². The van der Waals surface area contributed by atoms with Gasteiger partial charge in [0.2, 0.25) is 5.71 Å². The molecular formula is C55H50GeIrN4O-2. The number of hydrogen-bond donors (Lipinski definition) is 0. The van der Waals surface area contributed by atoms with Gasteiger partial charge in [0.15, 0.2) is 0 Å². The van der Waals surface area contributed by atoms with Crippen LogP contribution >= 0.6 is 0 Å². The van der Waals surface area contributed by atoms with Crippen molar-refractivity contribution in [2.45, 2.75) is 58.2 Å². The maximum atomic E-state index is 8.80. The van der Waals surface area contributed by atoms with E-state index in [1.165, 1.54) is 11.5 Å². The van der Waals surface area contributed by atoms with Crippen molar-refractivity contribution < 1.29 is 31.4 Å². The molecule has 311 valence electrons. The molecule has 1 radical (unpaired) electrons. The van der Waals surface area contributed by atoms with Crippen LogP contribution in [0.25, 0.3) is 83.3 Å². The predicted molar refractivity (Wildman–Crippen MR) is 257 cm³/mol. The summed E-state index contributed by atoms with van der Waals surface area (Å²) in [5, 5.41) is 4.31. The number of rotatable bonds is 6. The van der Waals surface area contributed by atoms with Crippen LogP contribution in [0.2, 0.25) is 17.3 Å². The Hall–Kier alpha value is -5.66. The SMILES string of the molecule is Cc1ccc2c(n1)oc1c(-c3nc4ccccc4n3-c3c(-c4ccccc4)ccc4ccccc34)[c-]ccc12.[2H]C([2H])([2H])c1c[c-]c(-c2cc(C([2H])([2H])C(C)(C)C)[c]([Ge]([CH3])([CH3])[CH3])cn2)cc1.[Ir]. The van der Waals surface area contributed by atoms with Crippen LogP contribution in [0.3, 0.4) is 0 Å². The van der Waals surface area contributed by atoms with Crippen molar-refractivity contribution in [2.24, 2.45) is 5.41 Å². The summed E-state index contributed by atoms with van der Waals surface area (Å²) in [6.45, 7) is 5.53. The number of fused-ring (bicyclic) bond motifs is 5. The number of furan rings is 1. The van der Waals surface area contributed by atoms with E-state index < -0.39 is 31.9 Å². The van der Waals surface area contributed by atoms with E-state index in [1.807, 2.05) is 64.2 Å². The minimum absolute atomic E-state index is 0. The summed E-state index contributed by atoms with van der Waals surface area (Å²) >= 11 is -2.36. The first-order valence-corrected chi connectivity index (χ1v) is 28.0. The van der Waals surface area contributed by atoms with Gasteiger partial charge >= 0.3 is 145 Å². The second-order valence-corrected chi connectivity index (χ2v) is 28.1. The molecule has 0 bridgehead atoms. The van der Waals surface area contributed by atoms with E-state index in [9.17, 15) is 0 Å². The monoisotopic (exact) mass is 1050 g/mol. The van der Waals surface area contributed by atoms with E-state index in [1.54, 1.807) is 12.1 Å². The molecule has 0 atom stereocenters. The molecule has 0 N–H and O–H groups in total. The molecule has 4 aromatic heterocycles. The Morgan fingerprint density at radius 1 is 0.790 bits per heavy atom. The van der Waals surface area contributed by atoms with Crippen molar-refractivity contribution in [1.82, 2.24) is 19.5 Å². The minimum atomic E-state index is -2.36. The third-order valence-electron chi connectivity index (χ3n) is 10.7. The molecule has 0 aliphatic rings. The number of nitrogens with zero attached hydrogens (tertiary/aromatic N) is 4. The number of aromatic nitrogens is 4. The minimum Gasteiger partial charge on any atom is 0 e. The van der Waals surface area contributed by atoms with Crippen molar-refractivity contribution in [1.29, 1.82) is 0 Å². The van der Waals surface area contributed by atoms with E-state index in [2.05, 4.69) is 135 Å². The zero-order chi connectivity index (χ0) is 46.8. The number of para-hydroxylation sites is 2. The van der Waals surface area contributed by atoms with Crippen LogP contribution in [0.4, 0.5) is 0 Å². The van der Waals surface area contributed by atoms with Gasteiger partial charge in [0.25, 0.3) is 0 Å². The summed E-state index contributed by atoms with van der Waals surface area (Å²) in [5.74, 6) is 7.48. The fraction of sp³-hybridized carbons (Fsp3) is 0.182. The molecule has 62 heavy (non-hydrogen) atoms. The van der Waals surface area contributed by atoms with Crippen molar-refractivity contribution in [2.75, 3.05) is 0 Å². The normalized spacial score (nSPS) is 13.4. The molecule has 7 heteroatoms. The van der Waals surface area contributed by atoms with Gasteiger partial charge in [-0.3, -0.25) is 4.98 Å². The third-order valence-corrected chi connectivity index (χ3v) is 15.0. The van der Waals surface area contributed by atoms with Crippen LogP contribution in [0.1, 0.15) is 44.4 Å². The van der Waals surface area contributed by atoms with Crippen LogP contribution in [0.5, 0.6) is 0 Å². The fourth-order valence-corrected chi connectivity index (χ4v) is 10.9. The second kappa shape index (κ2) is 17.2. The Bertz CT molecular complexity index is 3420. The molecular weight excluding hydrogens is 997 g/mol. The Kier molecular flexibility index (Phi) is 10.3. The molecule has 6 aromatic carbocycles. The van der Waals surface area contributed by atoms with Gasteiger partial charge in [0, 0.05) is 42.1 Å². The van der Waals surface area contributed by atoms with Crippen molar-refractivity contribution in [3.8, 4) is 39.5 Å². The topological polar surface area (TPSA) is 56.7 Å². The van der Waals surface area contributed by atoms with E-state index in [0.29, 0.717) is 22.5 Å². The first kappa shape index (κ1) is 36.9. The Morgan fingerprint density at radius 2 is 1.56 bits per heavy atom.